The van der Waals surface area contributed by atoms with Gasteiger partial charge in [-0.05, 0) is 38.4 Å². The van der Waals surface area contributed by atoms with Gasteiger partial charge in [0.25, 0.3) is 0 Å². The monoisotopic (exact) mass is 326 g/mol. The first kappa shape index (κ1) is 15.3. The Morgan fingerprint density at radius 2 is 2.17 bits per heavy atom. The van der Waals surface area contributed by atoms with Gasteiger partial charge in [0.1, 0.15) is 5.52 Å². The molecule has 0 bridgehead atoms. The minimum Gasteiger partial charge on any atom is -0.440 e. The topological polar surface area (TPSA) is 68.2 Å². The second kappa shape index (κ2) is 6.36. The number of fused-ring (bicyclic) bond motifs is 1. The summed E-state index contributed by atoms with van der Waals surface area (Å²) in [6.45, 7) is 6.09. The van der Waals surface area contributed by atoms with Crippen molar-refractivity contribution in [2.75, 3.05) is 13.1 Å². The van der Waals surface area contributed by atoms with Crippen LogP contribution in [-0.4, -0.2) is 33.1 Å². The van der Waals surface area contributed by atoms with Crippen LogP contribution in [0, 0.1) is 0 Å². The van der Waals surface area contributed by atoms with Crippen molar-refractivity contribution in [3.05, 3.63) is 41.9 Å². The number of nitrogens with zero attached hydrogens (tertiary/aromatic N) is 4. The average molecular weight is 326 g/mol. The summed E-state index contributed by atoms with van der Waals surface area (Å²) < 4.78 is 11.4. The molecule has 1 fully saturated rings. The predicted molar refractivity (Wildman–Crippen MR) is 89.6 cm³/mol. The van der Waals surface area contributed by atoms with Crippen molar-refractivity contribution in [1.82, 2.24) is 20.0 Å². The minimum absolute atomic E-state index is 0.116. The highest BCUT2D eigenvalue weighted by molar-refractivity contribution is 5.72. The largest absolute Gasteiger partial charge is 0.440 e. The lowest BCUT2D eigenvalue weighted by Crippen LogP contribution is -2.36. The van der Waals surface area contributed by atoms with Gasteiger partial charge in [-0.25, -0.2) is 4.98 Å². The molecular weight excluding hydrogens is 304 g/mol. The van der Waals surface area contributed by atoms with Crippen LogP contribution in [-0.2, 0) is 6.42 Å². The summed E-state index contributed by atoms with van der Waals surface area (Å²) in [5, 5.41) is 4.01. The van der Waals surface area contributed by atoms with Crippen LogP contribution in [0.15, 0.2) is 33.2 Å². The molecule has 4 rings (SSSR count). The second-order valence-corrected chi connectivity index (χ2v) is 6.43. The Kier molecular flexibility index (Phi) is 4.06. The SMILES string of the molecule is CCc1noc([C@H](C)N2CCC[C@@H](c3nc4ccccc4o3)C2)n1. The lowest BCUT2D eigenvalue weighted by molar-refractivity contribution is 0.126. The van der Waals surface area contributed by atoms with Gasteiger partial charge in [0.15, 0.2) is 17.3 Å². The molecule has 3 heterocycles. The van der Waals surface area contributed by atoms with Crippen molar-refractivity contribution in [3.63, 3.8) is 0 Å². The molecule has 1 aliphatic heterocycles. The number of aromatic nitrogens is 3. The van der Waals surface area contributed by atoms with E-state index in [4.69, 9.17) is 8.94 Å². The molecule has 0 amide bonds. The summed E-state index contributed by atoms with van der Waals surface area (Å²) in [6.07, 6.45) is 3.00. The van der Waals surface area contributed by atoms with Crippen molar-refractivity contribution >= 4 is 11.1 Å². The standard InChI is InChI=1S/C18H22N4O2/c1-3-16-20-17(24-21-16)12(2)22-10-6-7-13(11-22)18-19-14-8-4-5-9-15(14)23-18/h4-5,8-9,12-13H,3,6-7,10-11H2,1-2H3/t12-,13+/m0/s1. The van der Waals surface area contributed by atoms with Crippen LogP contribution in [0.5, 0.6) is 0 Å². The highest BCUT2D eigenvalue weighted by Crippen LogP contribution is 2.32. The van der Waals surface area contributed by atoms with E-state index in [9.17, 15) is 0 Å². The molecule has 0 N–H and O–H groups in total. The Morgan fingerprint density at radius 3 is 2.96 bits per heavy atom. The average Bonchev–Trinajstić information content (AvgIpc) is 3.28. The fourth-order valence-corrected chi connectivity index (χ4v) is 3.36. The first-order valence-corrected chi connectivity index (χ1v) is 8.66. The summed E-state index contributed by atoms with van der Waals surface area (Å²) in [4.78, 5) is 11.5. The van der Waals surface area contributed by atoms with Crippen molar-refractivity contribution in [2.45, 2.75) is 45.1 Å². The smallest absolute Gasteiger partial charge is 0.243 e. The number of para-hydroxylation sites is 2. The molecule has 0 spiro atoms. The molecule has 1 aromatic carbocycles. The summed E-state index contributed by atoms with van der Waals surface area (Å²) in [5.74, 6) is 2.62. The third-order valence-corrected chi connectivity index (χ3v) is 4.82. The van der Waals surface area contributed by atoms with Gasteiger partial charge in [0, 0.05) is 18.9 Å². The van der Waals surface area contributed by atoms with Crippen LogP contribution in [0.1, 0.15) is 56.3 Å². The Labute approximate surface area is 140 Å². The predicted octanol–water partition coefficient (Wildman–Crippen LogP) is 3.71. The zero-order chi connectivity index (χ0) is 16.5. The van der Waals surface area contributed by atoms with Gasteiger partial charge < -0.3 is 8.94 Å². The molecule has 1 aliphatic rings. The Hall–Kier alpha value is -2.21. The summed E-state index contributed by atoms with van der Waals surface area (Å²) in [5.41, 5.74) is 1.80. The summed E-state index contributed by atoms with van der Waals surface area (Å²) >= 11 is 0. The van der Waals surface area contributed by atoms with E-state index in [1.54, 1.807) is 0 Å². The number of benzene rings is 1. The van der Waals surface area contributed by atoms with Crippen molar-refractivity contribution < 1.29 is 8.94 Å². The normalized spacial score (nSPS) is 20.5. The van der Waals surface area contributed by atoms with Crippen molar-refractivity contribution in [3.8, 4) is 0 Å². The quantitative estimate of drug-likeness (QED) is 0.728. The zero-order valence-corrected chi connectivity index (χ0v) is 14.1. The van der Waals surface area contributed by atoms with E-state index >= 15 is 0 Å². The third-order valence-electron chi connectivity index (χ3n) is 4.82. The van der Waals surface area contributed by atoms with Gasteiger partial charge in [0.2, 0.25) is 5.89 Å². The maximum Gasteiger partial charge on any atom is 0.243 e. The Balaban J connectivity index is 1.52. The highest BCUT2D eigenvalue weighted by atomic mass is 16.5. The lowest BCUT2D eigenvalue weighted by atomic mass is 9.97. The van der Waals surface area contributed by atoms with Gasteiger partial charge in [-0.1, -0.05) is 24.2 Å². The number of piperidine rings is 1. The molecule has 6 heteroatoms. The molecule has 24 heavy (non-hydrogen) atoms. The van der Waals surface area contributed by atoms with Crippen LogP contribution < -0.4 is 0 Å². The zero-order valence-electron chi connectivity index (χ0n) is 14.1. The fourth-order valence-electron chi connectivity index (χ4n) is 3.36. The molecule has 0 radical (unpaired) electrons. The van der Waals surface area contributed by atoms with E-state index < -0.39 is 0 Å². The van der Waals surface area contributed by atoms with Crippen LogP contribution in [0.4, 0.5) is 0 Å². The number of likely N-dealkylation sites (tertiary alicyclic amines) is 1. The number of rotatable bonds is 4. The summed E-state index contributed by atoms with van der Waals surface area (Å²) in [7, 11) is 0. The van der Waals surface area contributed by atoms with E-state index in [2.05, 4.69) is 26.9 Å². The van der Waals surface area contributed by atoms with E-state index in [1.807, 2.05) is 31.2 Å². The van der Waals surface area contributed by atoms with E-state index in [1.165, 1.54) is 0 Å². The number of aryl methyl sites for hydroxylation is 1. The van der Waals surface area contributed by atoms with E-state index in [0.29, 0.717) is 11.8 Å². The molecule has 0 aliphatic carbocycles. The van der Waals surface area contributed by atoms with Crippen LogP contribution in [0.2, 0.25) is 0 Å². The van der Waals surface area contributed by atoms with E-state index in [0.717, 1.165) is 55.2 Å². The first-order chi connectivity index (χ1) is 11.7. The molecule has 2 atom stereocenters. The molecular formula is C18H22N4O2. The Bertz CT molecular complexity index is 792. The van der Waals surface area contributed by atoms with Crippen LogP contribution in [0.3, 0.4) is 0 Å². The van der Waals surface area contributed by atoms with E-state index in [-0.39, 0.29) is 6.04 Å². The summed E-state index contributed by atoms with van der Waals surface area (Å²) in [6, 6.07) is 8.05. The van der Waals surface area contributed by atoms with Gasteiger partial charge in [-0.15, -0.1) is 0 Å². The molecule has 126 valence electrons. The molecule has 6 nitrogen and oxygen atoms in total. The Morgan fingerprint density at radius 1 is 1.29 bits per heavy atom. The van der Waals surface area contributed by atoms with Crippen molar-refractivity contribution in [2.24, 2.45) is 0 Å². The van der Waals surface area contributed by atoms with Crippen LogP contribution in [0.25, 0.3) is 11.1 Å². The number of hydrogen-bond donors (Lipinski definition) is 0. The first-order valence-electron chi connectivity index (χ1n) is 8.66. The maximum absolute atomic E-state index is 5.97. The van der Waals surface area contributed by atoms with Crippen LogP contribution >= 0.6 is 0 Å². The number of hydrogen-bond acceptors (Lipinski definition) is 6. The van der Waals surface area contributed by atoms with Gasteiger partial charge in [0.05, 0.1) is 6.04 Å². The van der Waals surface area contributed by atoms with Crippen molar-refractivity contribution in [1.29, 1.82) is 0 Å². The lowest BCUT2D eigenvalue weighted by Gasteiger charge is -2.34. The molecule has 3 aromatic rings. The second-order valence-electron chi connectivity index (χ2n) is 6.43. The van der Waals surface area contributed by atoms with Gasteiger partial charge >= 0.3 is 0 Å². The highest BCUT2D eigenvalue weighted by Gasteiger charge is 2.30. The molecule has 1 saturated heterocycles. The molecule has 2 aromatic heterocycles. The minimum atomic E-state index is 0.116. The maximum atomic E-state index is 5.97. The van der Waals surface area contributed by atoms with Gasteiger partial charge in [-0.2, -0.15) is 4.98 Å². The number of oxazole rings is 1. The third kappa shape index (κ3) is 2.82. The molecule has 0 saturated carbocycles. The van der Waals surface area contributed by atoms with Gasteiger partial charge in [-0.3, -0.25) is 4.90 Å². The molecule has 0 unspecified atom stereocenters. The fraction of sp³-hybridized carbons (Fsp3) is 0.500.